The number of rotatable bonds is 0. The average molecular weight is 170 g/mol. The van der Waals surface area contributed by atoms with Gasteiger partial charge in [-0.15, -0.1) is 7.92 Å². The summed E-state index contributed by atoms with van der Waals surface area (Å²) in [5.74, 6) is 0. The Balaban J connectivity index is 1.93. The Hall–Kier alpha value is 0.430. The van der Waals surface area contributed by atoms with Crippen molar-refractivity contribution in [2.24, 2.45) is 0 Å². The zero-order valence-electron chi connectivity index (χ0n) is 7.39. The van der Waals surface area contributed by atoms with Crippen LogP contribution < -0.4 is 0 Å². The SMILES string of the molecule is C1CCC2CCCCP2CC1. The smallest absolute Gasteiger partial charge is 0.0209 e. The van der Waals surface area contributed by atoms with Gasteiger partial charge in [-0.3, -0.25) is 0 Å². The first-order valence-electron chi connectivity index (χ1n) is 5.21. The lowest BCUT2D eigenvalue weighted by Gasteiger charge is -2.30. The summed E-state index contributed by atoms with van der Waals surface area (Å²) in [5.41, 5.74) is 1.21. The summed E-state index contributed by atoms with van der Waals surface area (Å²) < 4.78 is 0. The maximum Gasteiger partial charge on any atom is -0.0209 e. The Kier molecular flexibility index (Phi) is 2.85. The average Bonchev–Trinajstić information content (AvgIpc) is 2.28. The Labute approximate surface area is 71.5 Å². The molecule has 0 N–H and O–H groups in total. The van der Waals surface area contributed by atoms with Crippen LogP contribution in [-0.2, 0) is 0 Å². The zero-order chi connectivity index (χ0) is 7.52. The van der Waals surface area contributed by atoms with Gasteiger partial charge >= 0.3 is 0 Å². The highest BCUT2D eigenvalue weighted by Crippen LogP contribution is 2.52. The third-order valence-corrected chi connectivity index (χ3v) is 6.56. The first-order chi connectivity index (χ1) is 5.47. The second-order valence-electron chi connectivity index (χ2n) is 4.03. The second-order valence-corrected chi connectivity index (χ2v) is 6.84. The van der Waals surface area contributed by atoms with Crippen LogP contribution in [0.2, 0.25) is 0 Å². The maximum absolute atomic E-state index is 1.62. The fraction of sp³-hybridized carbons (Fsp3) is 1.00. The van der Waals surface area contributed by atoms with Gasteiger partial charge in [-0.05, 0) is 43.7 Å². The molecule has 0 saturated carbocycles. The minimum atomic E-state index is 0.527. The van der Waals surface area contributed by atoms with Crippen molar-refractivity contribution in [1.29, 1.82) is 0 Å². The van der Waals surface area contributed by atoms with Crippen molar-refractivity contribution in [3.05, 3.63) is 0 Å². The van der Waals surface area contributed by atoms with Gasteiger partial charge in [0, 0.05) is 0 Å². The molecule has 0 aromatic carbocycles. The van der Waals surface area contributed by atoms with E-state index in [-0.39, 0.29) is 0 Å². The molecule has 0 bridgehead atoms. The van der Waals surface area contributed by atoms with Gasteiger partial charge in [0.1, 0.15) is 0 Å². The van der Waals surface area contributed by atoms with E-state index in [9.17, 15) is 0 Å². The lowest BCUT2D eigenvalue weighted by atomic mass is 10.1. The first kappa shape index (κ1) is 8.05. The molecule has 0 nitrogen and oxygen atoms in total. The van der Waals surface area contributed by atoms with E-state index < -0.39 is 0 Å². The third-order valence-electron chi connectivity index (χ3n) is 3.23. The summed E-state index contributed by atoms with van der Waals surface area (Å²) in [6.07, 6.45) is 14.2. The standard InChI is InChI=1S/C10H19P/c1-2-6-10-7-3-5-9-11(10)8-4-1/h10H,1-9H2. The van der Waals surface area contributed by atoms with Gasteiger partial charge in [-0.1, -0.05) is 19.3 Å². The molecule has 64 valence electrons. The first-order valence-corrected chi connectivity index (χ1v) is 6.99. The van der Waals surface area contributed by atoms with Crippen LogP contribution in [0.5, 0.6) is 0 Å². The van der Waals surface area contributed by atoms with Crippen LogP contribution in [0.4, 0.5) is 0 Å². The van der Waals surface area contributed by atoms with Crippen molar-refractivity contribution in [1.82, 2.24) is 0 Å². The third kappa shape index (κ3) is 1.96. The molecule has 0 spiro atoms. The minimum Gasteiger partial charge on any atom is -0.104 e. The van der Waals surface area contributed by atoms with Crippen LogP contribution in [0, 0.1) is 0 Å². The lowest BCUT2D eigenvalue weighted by Crippen LogP contribution is -2.12. The Morgan fingerprint density at radius 2 is 1.36 bits per heavy atom. The molecule has 2 aliphatic heterocycles. The summed E-state index contributed by atoms with van der Waals surface area (Å²) in [6, 6.07) is 0. The lowest BCUT2D eigenvalue weighted by molar-refractivity contribution is 0.595. The zero-order valence-corrected chi connectivity index (χ0v) is 8.28. The largest absolute Gasteiger partial charge is 0.104 e. The van der Waals surface area contributed by atoms with E-state index in [0.29, 0.717) is 7.92 Å². The van der Waals surface area contributed by atoms with E-state index in [1.807, 2.05) is 0 Å². The van der Waals surface area contributed by atoms with Crippen LogP contribution >= 0.6 is 7.92 Å². The Bertz CT molecular complexity index is 108. The van der Waals surface area contributed by atoms with Crippen molar-refractivity contribution < 1.29 is 0 Å². The van der Waals surface area contributed by atoms with Gasteiger partial charge in [0.2, 0.25) is 0 Å². The van der Waals surface area contributed by atoms with Crippen LogP contribution in [0.25, 0.3) is 0 Å². The van der Waals surface area contributed by atoms with Crippen molar-refractivity contribution >= 4 is 7.92 Å². The van der Waals surface area contributed by atoms with E-state index in [1.54, 1.807) is 50.8 Å². The van der Waals surface area contributed by atoms with Gasteiger partial charge in [-0.2, -0.15) is 0 Å². The predicted molar refractivity (Wildman–Crippen MR) is 52.8 cm³/mol. The molecule has 1 heteroatoms. The van der Waals surface area contributed by atoms with E-state index in [2.05, 4.69) is 0 Å². The van der Waals surface area contributed by atoms with E-state index in [4.69, 9.17) is 0 Å². The van der Waals surface area contributed by atoms with Gasteiger partial charge in [-0.25, -0.2) is 0 Å². The van der Waals surface area contributed by atoms with Gasteiger partial charge < -0.3 is 0 Å². The monoisotopic (exact) mass is 170 g/mol. The van der Waals surface area contributed by atoms with Crippen LogP contribution in [0.1, 0.15) is 44.9 Å². The maximum atomic E-state index is 1.62. The summed E-state index contributed by atoms with van der Waals surface area (Å²) in [6.45, 7) is 0. The molecule has 0 aromatic heterocycles. The molecule has 0 aliphatic carbocycles. The Morgan fingerprint density at radius 1 is 0.727 bits per heavy atom. The van der Waals surface area contributed by atoms with E-state index >= 15 is 0 Å². The number of hydrogen-bond acceptors (Lipinski definition) is 0. The molecule has 2 saturated heterocycles. The molecular formula is C10H19P. The number of hydrogen-bond donors (Lipinski definition) is 0. The quantitative estimate of drug-likeness (QED) is 0.487. The summed E-state index contributed by atoms with van der Waals surface area (Å²) >= 11 is 0. The molecule has 0 amide bonds. The van der Waals surface area contributed by atoms with Gasteiger partial charge in [0.15, 0.2) is 0 Å². The van der Waals surface area contributed by atoms with Crippen molar-refractivity contribution in [3.8, 4) is 0 Å². The van der Waals surface area contributed by atoms with Crippen LogP contribution in [0.15, 0.2) is 0 Å². The Morgan fingerprint density at radius 3 is 2.18 bits per heavy atom. The topological polar surface area (TPSA) is 0 Å². The molecule has 2 atom stereocenters. The van der Waals surface area contributed by atoms with Gasteiger partial charge in [0.05, 0.1) is 0 Å². The molecule has 2 fully saturated rings. The van der Waals surface area contributed by atoms with Crippen molar-refractivity contribution in [3.63, 3.8) is 0 Å². The highest BCUT2D eigenvalue weighted by atomic mass is 31.1. The number of fused-ring (bicyclic) bond motifs is 1. The second kappa shape index (κ2) is 3.90. The molecule has 0 aromatic rings. The fourth-order valence-corrected chi connectivity index (χ4v) is 5.86. The highest BCUT2D eigenvalue weighted by molar-refractivity contribution is 7.58. The molecule has 2 rings (SSSR count). The van der Waals surface area contributed by atoms with Crippen LogP contribution in [-0.4, -0.2) is 18.0 Å². The highest BCUT2D eigenvalue weighted by Gasteiger charge is 2.25. The summed E-state index contributed by atoms with van der Waals surface area (Å²) in [7, 11) is 0.527. The molecule has 2 unspecified atom stereocenters. The van der Waals surface area contributed by atoms with Crippen molar-refractivity contribution in [2.45, 2.75) is 50.6 Å². The minimum absolute atomic E-state index is 0.527. The predicted octanol–water partition coefficient (Wildman–Crippen LogP) is 3.59. The molecule has 0 radical (unpaired) electrons. The molecule has 11 heavy (non-hydrogen) atoms. The van der Waals surface area contributed by atoms with E-state index in [0.717, 1.165) is 0 Å². The molecule has 2 aliphatic rings. The molecular weight excluding hydrogens is 151 g/mol. The van der Waals surface area contributed by atoms with Crippen molar-refractivity contribution in [2.75, 3.05) is 12.3 Å². The summed E-state index contributed by atoms with van der Waals surface area (Å²) in [5, 5.41) is 0. The van der Waals surface area contributed by atoms with E-state index in [1.165, 1.54) is 12.1 Å². The molecule has 2 heterocycles. The van der Waals surface area contributed by atoms with Crippen LogP contribution in [0.3, 0.4) is 0 Å². The van der Waals surface area contributed by atoms with Gasteiger partial charge in [0.25, 0.3) is 0 Å². The normalized spacial score (nSPS) is 39.3. The summed E-state index contributed by atoms with van der Waals surface area (Å²) in [4.78, 5) is 0. The fourth-order valence-electron chi connectivity index (χ4n) is 2.55.